The van der Waals surface area contributed by atoms with Crippen molar-refractivity contribution in [1.29, 1.82) is 0 Å². The predicted molar refractivity (Wildman–Crippen MR) is 64.8 cm³/mol. The van der Waals surface area contributed by atoms with Gasteiger partial charge in [0.15, 0.2) is 9.84 Å². The van der Waals surface area contributed by atoms with E-state index in [1.54, 1.807) is 21.0 Å². The molecule has 0 saturated carbocycles. The van der Waals surface area contributed by atoms with Gasteiger partial charge in [0, 0.05) is 20.5 Å². The van der Waals surface area contributed by atoms with E-state index in [-0.39, 0.29) is 18.1 Å². The Bertz CT molecular complexity index is 312. The summed E-state index contributed by atoms with van der Waals surface area (Å²) in [5.41, 5.74) is 5.32. The summed E-state index contributed by atoms with van der Waals surface area (Å²) in [6.45, 7) is 2.03. The molecule has 0 bridgehead atoms. The van der Waals surface area contributed by atoms with E-state index in [2.05, 4.69) is 0 Å². The Morgan fingerprint density at radius 3 is 2.38 bits per heavy atom. The van der Waals surface area contributed by atoms with Crippen LogP contribution in [0.4, 0.5) is 0 Å². The fourth-order valence-corrected chi connectivity index (χ4v) is 2.71. The molecule has 0 radical (unpaired) electrons. The van der Waals surface area contributed by atoms with E-state index in [0.717, 1.165) is 0 Å². The lowest BCUT2D eigenvalue weighted by molar-refractivity contribution is -0.128. The van der Waals surface area contributed by atoms with Crippen molar-refractivity contribution in [3.8, 4) is 0 Å². The molecule has 0 rings (SSSR count). The van der Waals surface area contributed by atoms with E-state index in [1.165, 1.54) is 4.90 Å². The maximum atomic E-state index is 11.7. The molecule has 5 nitrogen and oxygen atoms in total. The average molecular weight is 250 g/mol. The van der Waals surface area contributed by atoms with Gasteiger partial charge >= 0.3 is 0 Å². The van der Waals surface area contributed by atoms with Crippen molar-refractivity contribution in [2.45, 2.75) is 31.4 Å². The lowest BCUT2D eigenvalue weighted by Gasteiger charge is -2.13. The molecule has 0 spiro atoms. The highest BCUT2D eigenvalue weighted by Gasteiger charge is 2.20. The van der Waals surface area contributed by atoms with Crippen LogP contribution in [0.2, 0.25) is 0 Å². The van der Waals surface area contributed by atoms with Gasteiger partial charge in [0.05, 0.1) is 11.0 Å². The summed E-state index contributed by atoms with van der Waals surface area (Å²) >= 11 is 0. The van der Waals surface area contributed by atoms with Crippen LogP contribution in [-0.2, 0) is 14.6 Å². The van der Waals surface area contributed by atoms with Crippen LogP contribution >= 0.6 is 0 Å². The summed E-state index contributed by atoms with van der Waals surface area (Å²) in [7, 11) is 0.227. The van der Waals surface area contributed by atoms with E-state index in [4.69, 9.17) is 5.73 Å². The monoisotopic (exact) mass is 250 g/mol. The molecule has 0 aliphatic carbocycles. The van der Waals surface area contributed by atoms with Crippen LogP contribution in [0.3, 0.4) is 0 Å². The van der Waals surface area contributed by atoms with Crippen molar-refractivity contribution in [3.05, 3.63) is 0 Å². The summed E-state index contributed by atoms with van der Waals surface area (Å²) in [5.74, 6) is 0.0231. The lowest BCUT2D eigenvalue weighted by atomic mass is 10.3. The lowest BCUT2D eigenvalue weighted by Crippen LogP contribution is -2.26. The molecule has 1 unspecified atom stereocenters. The van der Waals surface area contributed by atoms with Crippen LogP contribution in [0.1, 0.15) is 26.2 Å². The van der Waals surface area contributed by atoms with Crippen molar-refractivity contribution >= 4 is 15.7 Å². The van der Waals surface area contributed by atoms with Crippen molar-refractivity contribution < 1.29 is 13.2 Å². The standard InChI is InChI=1S/C10H22N2O3S/c1-9(6-7-11)16(14,15)8-4-5-10(13)12(2)3/h9H,4-8,11H2,1-3H3. The number of hydrogen-bond donors (Lipinski definition) is 1. The third-order valence-corrected chi connectivity index (χ3v) is 4.82. The molecule has 96 valence electrons. The Morgan fingerprint density at radius 1 is 1.38 bits per heavy atom. The number of amides is 1. The minimum absolute atomic E-state index is 0.0401. The molecule has 1 atom stereocenters. The SMILES string of the molecule is CC(CCN)S(=O)(=O)CCCC(=O)N(C)C. The molecular weight excluding hydrogens is 228 g/mol. The van der Waals surface area contributed by atoms with Crippen molar-refractivity contribution in [2.24, 2.45) is 5.73 Å². The van der Waals surface area contributed by atoms with Gasteiger partial charge in [-0.1, -0.05) is 0 Å². The third-order valence-electron chi connectivity index (χ3n) is 2.50. The molecule has 0 aromatic heterocycles. The summed E-state index contributed by atoms with van der Waals surface area (Å²) in [5, 5.41) is -0.410. The van der Waals surface area contributed by atoms with E-state index in [9.17, 15) is 13.2 Å². The number of hydrogen-bond acceptors (Lipinski definition) is 4. The normalized spacial score (nSPS) is 13.5. The number of carbonyl (C=O) groups is 1. The maximum absolute atomic E-state index is 11.7. The Morgan fingerprint density at radius 2 is 1.94 bits per heavy atom. The number of rotatable bonds is 7. The molecule has 0 aliphatic rings. The molecule has 16 heavy (non-hydrogen) atoms. The summed E-state index contributed by atoms with van der Waals surface area (Å²) in [4.78, 5) is 12.7. The van der Waals surface area contributed by atoms with Crippen LogP contribution in [-0.4, -0.2) is 50.9 Å². The first-order chi connectivity index (χ1) is 7.31. The Kier molecular flexibility index (Phi) is 6.59. The van der Waals surface area contributed by atoms with Crippen LogP contribution in [0.5, 0.6) is 0 Å². The molecule has 0 aliphatic heterocycles. The number of nitrogens with two attached hydrogens (primary N) is 1. The highest BCUT2D eigenvalue weighted by atomic mass is 32.2. The Balaban J connectivity index is 4.06. The number of nitrogens with zero attached hydrogens (tertiary/aromatic N) is 1. The summed E-state index contributed by atoms with van der Waals surface area (Å²) < 4.78 is 23.4. The third kappa shape index (κ3) is 5.46. The molecular formula is C10H22N2O3S. The quantitative estimate of drug-likeness (QED) is 0.690. The van der Waals surface area contributed by atoms with Crippen LogP contribution in [0.25, 0.3) is 0 Å². The van der Waals surface area contributed by atoms with Gasteiger partial charge in [0.2, 0.25) is 5.91 Å². The summed E-state index contributed by atoms with van der Waals surface area (Å²) in [6.07, 6.45) is 1.14. The first-order valence-corrected chi connectivity index (χ1v) is 7.14. The number of sulfone groups is 1. The minimum Gasteiger partial charge on any atom is -0.349 e. The topological polar surface area (TPSA) is 80.5 Å². The second kappa shape index (κ2) is 6.85. The molecule has 0 aromatic carbocycles. The predicted octanol–water partition coefficient (Wildman–Crippen LogP) is 0.00690. The van der Waals surface area contributed by atoms with Gasteiger partial charge in [-0.3, -0.25) is 4.79 Å². The highest BCUT2D eigenvalue weighted by Crippen LogP contribution is 2.08. The van der Waals surface area contributed by atoms with Crippen molar-refractivity contribution in [2.75, 3.05) is 26.4 Å². The van der Waals surface area contributed by atoms with Gasteiger partial charge in [0.25, 0.3) is 0 Å². The summed E-state index contributed by atoms with van der Waals surface area (Å²) in [6, 6.07) is 0. The highest BCUT2D eigenvalue weighted by molar-refractivity contribution is 7.92. The molecule has 0 heterocycles. The molecule has 6 heteroatoms. The maximum Gasteiger partial charge on any atom is 0.222 e. The van der Waals surface area contributed by atoms with Gasteiger partial charge in [-0.15, -0.1) is 0 Å². The zero-order chi connectivity index (χ0) is 12.8. The second-order valence-corrected chi connectivity index (χ2v) is 6.69. The Labute approximate surface area is 97.9 Å². The van der Waals surface area contributed by atoms with Crippen molar-refractivity contribution in [1.82, 2.24) is 4.90 Å². The van der Waals surface area contributed by atoms with E-state index in [0.29, 0.717) is 19.4 Å². The molecule has 0 fully saturated rings. The van der Waals surface area contributed by atoms with E-state index in [1.807, 2.05) is 0 Å². The second-order valence-electron chi connectivity index (χ2n) is 4.15. The first-order valence-electron chi connectivity index (χ1n) is 5.43. The minimum atomic E-state index is -3.09. The van der Waals surface area contributed by atoms with Gasteiger partial charge in [-0.05, 0) is 26.3 Å². The molecule has 0 saturated heterocycles. The molecule has 0 aromatic rings. The van der Waals surface area contributed by atoms with Gasteiger partial charge in [-0.2, -0.15) is 0 Å². The number of carbonyl (C=O) groups excluding carboxylic acids is 1. The smallest absolute Gasteiger partial charge is 0.222 e. The van der Waals surface area contributed by atoms with E-state index >= 15 is 0 Å². The Hall–Kier alpha value is -0.620. The van der Waals surface area contributed by atoms with Crippen LogP contribution in [0.15, 0.2) is 0 Å². The van der Waals surface area contributed by atoms with Crippen LogP contribution in [0, 0.1) is 0 Å². The first kappa shape index (κ1) is 15.4. The van der Waals surface area contributed by atoms with Gasteiger partial charge in [-0.25, -0.2) is 8.42 Å². The molecule has 1 amide bonds. The van der Waals surface area contributed by atoms with Crippen LogP contribution < -0.4 is 5.73 Å². The largest absolute Gasteiger partial charge is 0.349 e. The fraction of sp³-hybridized carbons (Fsp3) is 0.900. The average Bonchev–Trinajstić information content (AvgIpc) is 2.17. The molecule has 2 N–H and O–H groups in total. The van der Waals surface area contributed by atoms with Gasteiger partial charge < -0.3 is 10.6 Å². The zero-order valence-electron chi connectivity index (χ0n) is 10.3. The fourth-order valence-electron chi connectivity index (χ4n) is 1.26. The van der Waals surface area contributed by atoms with E-state index < -0.39 is 15.1 Å². The van der Waals surface area contributed by atoms with Crippen molar-refractivity contribution in [3.63, 3.8) is 0 Å². The van der Waals surface area contributed by atoms with Gasteiger partial charge in [0.1, 0.15) is 0 Å². The zero-order valence-corrected chi connectivity index (χ0v) is 11.1.